The third-order valence-corrected chi connectivity index (χ3v) is 10.4. The maximum atomic E-state index is 15.9. The number of hydrogen-bond acceptors (Lipinski definition) is 6. The first-order valence-corrected chi connectivity index (χ1v) is 16.6. The number of aryl methyl sites for hydroxylation is 1. The third-order valence-electron chi connectivity index (χ3n) is 10.4. The van der Waals surface area contributed by atoms with Crippen LogP contribution in [0.4, 0.5) is 14.6 Å². The molecule has 3 aromatic rings. The second-order valence-electron chi connectivity index (χ2n) is 13.2. The second-order valence-corrected chi connectivity index (χ2v) is 13.2. The van der Waals surface area contributed by atoms with Crippen LogP contribution in [-0.2, 0) is 17.9 Å². The van der Waals surface area contributed by atoms with Crippen LogP contribution in [0.15, 0.2) is 41.5 Å². The summed E-state index contributed by atoms with van der Waals surface area (Å²) in [4.78, 5) is 25.6. The predicted molar refractivity (Wildman–Crippen MR) is 169 cm³/mol. The van der Waals surface area contributed by atoms with Crippen LogP contribution in [0, 0.1) is 17.2 Å². The SMILES string of the molecule is C[C@@H]1Nc2ncnc3c2cc(C2(C#N)CCCCC2)c(=O)n3CCCCCCCN2CCC(CC2)C(F)(F)c2cccc1c2. The first kappa shape index (κ1) is 30.6. The molecule has 1 aliphatic carbocycles. The number of nitriles is 1. The molecule has 0 amide bonds. The lowest BCUT2D eigenvalue weighted by Gasteiger charge is -2.36. The molecule has 2 fully saturated rings. The Balaban J connectivity index is 1.42. The number of aromatic nitrogens is 3. The van der Waals surface area contributed by atoms with Crippen molar-refractivity contribution in [1.29, 1.82) is 5.26 Å². The first-order chi connectivity index (χ1) is 21.3. The van der Waals surface area contributed by atoms with E-state index in [1.54, 1.807) is 22.8 Å². The summed E-state index contributed by atoms with van der Waals surface area (Å²) in [6.07, 6.45) is 11.7. The minimum absolute atomic E-state index is 0.0601. The van der Waals surface area contributed by atoms with Crippen LogP contribution in [-0.4, -0.2) is 39.1 Å². The molecule has 9 heteroatoms. The Morgan fingerprint density at radius 3 is 2.39 bits per heavy atom. The summed E-state index contributed by atoms with van der Waals surface area (Å²) in [6, 6.07) is 10.8. The summed E-state index contributed by atoms with van der Waals surface area (Å²) >= 11 is 0. The molecule has 5 heterocycles. The van der Waals surface area contributed by atoms with Crippen molar-refractivity contribution >= 4 is 16.9 Å². The van der Waals surface area contributed by atoms with Gasteiger partial charge in [0.15, 0.2) is 0 Å². The number of alkyl halides is 2. The molecular weight excluding hydrogens is 558 g/mol. The van der Waals surface area contributed by atoms with E-state index in [0.717, 1.165) is 63.5 Å². The van der Waals surface area contributed by atoms with E-state index in [-0.39, 0.29) is 17.2 Å². The molecule has 0 radical (unpaired) electrons. The normalized spacial score (nSPS) is 25.9. The van der Waals surface area contributed by atoms with Crippen LogP contribution in [0.2, 0.25) is 0 Å². The Morgan fingerprint density at radius 2 is 1.64 bits per heavy atom. The highest BCUT2D eigenvalue weighted by molar-refractivity contribution is 5.87. The van der Waals surface area contributed by atoms with Crippen molar-refractivity contribution in [3.05, 3.63) is 63.7 Å². The monoisotopic (exact) mass is 602 g/mol. The summed E-state index contributed by atoms with van der Waals surface area (Å²) in [5.74, 6) is -3.03. The summed E-state index contributed by atoms with van der Waals surface area (Å²) in [5, 5.41) is 14.6. The second kappa shape index (κ2) is 12.9. The Bertz CT molecular complexity index is 1570. The van der Waals surface area contributed by atoms with Crippen molar-refractivity contribution in [2.45, 2.75) is 108 Å². The molecular formula is C35H44F2N6O. The zero-order chi connectivity index (χ0) is 30.7. The molecule has 8 bridgehead atoms. The number of halogens is 2. The number of fused-ring (bicyclic) bond motifs is 9. The van der Waals surface area contributed by atoms with Crippen LogP contribution >= 0.6 is 0 Å². The quantitative estimate of drug-likeness (QED) is 0.311. The van der Waals surface area contributed by atoms with E-state index in [9.17, 15) is 10.1 Å². The summed E-state index contributed by atoms with van der Waals surface area (Å²) in [6.45, 7) is 4.84. The van der Waals surface area contributed by atoms with Crippen LogP contribution < -0.4 is 10.9 Å². The van der Waals surface area contributed by atoms with Crippen molar-refractivity contribution in [3.8, 4) is 6.07 Å². The average molecular weight is 603 g/mol. The Morgan fingerprint density at radius 1 is 0.932 bits per heavy atom. The fourth-order valence-electron chi connectivity index (χ4n) is 7.64. The van der Waals surface area contributed by atoms with E-state index in [2.05, 4.69) is 26.3 Å². The lowest BCUT2D eigenvalue weighted by atomic mass is 9.70. The van der Waals surface area contributed by atoms with Gasteiger partial charge in [-0.25, -0.2) is 18.7 Å². The highest BCUT2D eigenvalue weighted by Gasteiger charge is 2.43. The van der Waals surface area contributed by atoms with Gasteiger partial charge in [-0.15, -0.1) is 0 Å². The summed E-state index contributed by atoms with van der Waals surface area (Å²) < 4.78 is 33.5. The maximum Gasteiger partial charge on any atom is 0.276 e. The average Bonchev–Trinajstić information content (AvgIpc) is 3.05. The lowest BCUT2D eigenvalue weighted by Crippen LogP contribution is -2.40. The molecule has 1 saturated heterocycles. The number of nitrogens with one attached hydrogen (secondary N) is 1. The van der Waals surface area contributed by atoms with Crippen LogP contribution in [0.5, 0.6) is 0 Å². The smallest absolute Gasteiger partial charge is 0.276 e. The molecule has 44 heavy (non-hydrogen) atoms. The van der Waals surface area contributed by atoms with Gasteiger partial charge in [-0.1, -0.05) is 56.7 Å². The van der Waals surface area contributed by atoms with E-state index in [1.807, 2.05) is 19.1 Å². The molecule has 1 N–H and O–H groups in total. The van der Waals surface area contributed by atoms with Gasteiger partial charge in [-0.2, -0.15) is 5.26 Å². The largest absolute Gasteiger partial charge is 0.363 e. The number of piperidine rings is 1. The number of hydrogen-bond donors (Lipinski definition) is 1. The zero-order valence-corrected chi connectivity index (χ0v) is 25.8. The molecule has 234 valence electrons. The standard InChI is InChI=1S/C35H44F2N6O/c1-25-26-11-10-12-28(21-26)35(36,37)27-13-19-42(20-14-27)17-8-3-2-4-9-18-43-32-29(31(41-25)39-24-40-32)22-30(33(43)44)34(23-38)15-6-5-7-16-34/h10-12,21-22,24-25,27H,2-9,13-20H2,1H3,(H,39,40,41)/t25-/m0/s1. The van der Waals surface area contributed by atoms with Crippen molar-refractivity contribution in [2.75, 3.05) is 25.0 Å². The van der Waals surface area contributed by atoms with Crippen LogP contribution in [0.1, 0.15) is 107 Å². The van der Waals surface area contributed by atoms with Gasteiger partial charge in [-0.3, -0.25) is 9.36 Å². The molecule has 0 spiro atoms. The van der Waals surface area contributed by atoms with E-state index >= 15 is 8.78 Å². The van der Waals surface area contributed by atoms with Gasteiger partial charge in [0, 0.05) is 29.6 Å². The number of anilines is 1. The van der Waals surface area contributed by atoms with E-state index in [1.165, 1.54) is 6.33 Å². The lowest BCUT2D eigenvalue weighted by molar-refractivity contribution is -0.0855. The molecule has 2 aromatic heterocycles. The van der Waals surface area contributed by atoms with Crippen molar-refractivity contribution in [3.63, 3.8) is 0 Å². The van der Waals surface area contributed by atoms with Gasteiger partial charge in [0.25, 0.3) is 11.5 Å². The van der Waals surface area contributed by atoms with Gasteiger partial charge in [0.2, 0.25) is 0 Å². The molecule has 1 aromatic carbocycles. The van der Waals surface area contributed by atoms with Crippen LogP contribution in [0.25, 0.3) is 11.0 Å². The topological polar surface area (TPSA) is 86.8 Å². The number of benzene rings is 1. The van der Waals surface area contributed by atoms with E-state index in [4.69, 9.17) is 0 Å². The molecule has 7 rings (SSSR count). The highest BCUT2D eigenvalue weighted by Crippen LogP contribution is 2.43. The van der Waals surface area contributed by atoms with E-state index in [0.29, 0.717) is 67.7 Å². The Kier molecular flexibility index (Phi) is 9.00. The van der Waals surface area contributed by atoms with E-state index < -0.39 is 17.3 Å². The first-order valence-electron chi connectivity index (χ1n) is 16.6. The van der Waals surface area contributed by atoms with Gasteiger partial charge in [0.05, 0.1) is 16.9 Å². The third kappa shape index (κ3) is 5.98. The minimum atomic E-state index is -2.90. The van der Waals surface area contributed by atoms with Crippen molar-refractivity contribution < 1.29 is 8.78 Å². The number of nitrogens with zero attached hydrogens (tertiary/aromatic N) is 5. The molecule has 4 aliphatic rings. The molecule has 7 nitrogen and oxygen atoms in total. The minimum Gasteiger partial charge on any atom is -0.363 e. The Hall–Kier alpha value is -3.38. The predicted octanol–water partition coefficient (Wildman–Crippen LogP) is 7.46. The molecule has 0 unspecified atom stereocenters. The number of pyridine rings is 1. The van der Waals surface area contributed by atoms with Gasteiger partial charge in [-0.05, 0) is 82.8 Å². The number of rotatable bonds is 1. The molecule has 1 saturated carbocycles. The van der Waals surface area contributed by atoms with Crippen molar-refractivity contribution in [1.82, 2.24) is 19.4 Å². The summed E-state index contributed by atoms with van der Waals surface area (Å²) in [7, 11) is 0. The fourth-order valence-corrected chi connectivity index (χ4v) is 7.64. The Labute approximate surface area is 258 Å². The van der Waals surface area contributed by atoms with Gasteiger partial charge < -0.3 is 10.2 Å². The van der Waals surface area contributed by atoms with Crippen LogP contribution in [0.3, 0.4) is 0 Å². The fraction of sp³-hybridized carbons (Fsp3) is 0.600. The van der Waals surface area contributed by atoms with Gasteiger partial charge >= 0.3 is 0 Å². The highest BCUT2D eigenvalue weighted by atomic mass is 19.3. The summed E-state index contributed by atoms with van der Waals surface area (Å²) in [5.41, 5.74) is 0.919. The van der Waals surface area contributed by atoms with Gasteiger partial charge in [0.1, 0.15) is 17.8 Å². The zero-order valence-electron chi connectivity index (χ0n) is 25.8. The maximum absolute atomic E-state index is 15.9. The molecule has 1 atom stereocenters. The van der Waals surface area contributed by atoms with Crippen molar-refractivity contribution in [2.24, 2.45) is 5.92 Å². The molecule has 3 aliphatic heterocycles.